The third kappa shape index (κ3) is 4.82. The van der Waals surface area contributed by atoms with Crippen LogP contribution >= 0.6 is 0 Å². The molecule has 7 heteroatoms. The second-order valence-electron chi connectivity index (χ2n) is 7.79. The highest BCUT2D eigenvalue weighted by Crippen LogP contribution is 2.30. The first-order valence-corrected chi connectivity index (χ1v) is 11.8. The van der Waals surface area contributed by atoms with Gasteiger partial charge in [0.05, 0.1) is 23.1 Å². The highest BCUT2D eigenvalue weighted by atomic mass is 32.2. The number of likely N-dealkylation sites (tertiary alicyclic amines) is 1. The Morgan fingerprint density at radius 2 is 1.77 bits per heavy atom. The number of benzene rings is 2. The van der Waals surface area contributed by atoms with E-state index in [1.54, 1.807) is 13.0 Å². The molecule has 0 saturated carbocycles. The average molecular weight is 426 g/mol. The van der Waals surface area contributed by atoms with Gasteiger partial charge in [-0.3, -0.25) is 9.52 Å². The number of nitriles is 1. The van der Waals surface area contributed by atoms with Gasteiger partial charge in [-0.15, -0.1) is 0 Å². The first kappa shape index (κ1) is 21.8. The van der Waals surface area contributed by atoms with Gasteiger partial charge in [-0.25, -0.2) is 8.42 Å². The van der Waals surface area contributed by atoms with E-state index < -0.39 is 10.0 Å². The number of anilines is 1. The molecule has 0 radical (unpaired) electrons. The first-order valence-electron chi connectivity index (χ1n) is 10.1. The number of nitrogens with zero attached hydrogens (tertiary/aromatic N) is 2. The number of amides is 1. The van der Waals surface area contributed by atoms with Crippen LogP contribution in [0.25, 0.3) is 0 Å². The zero-order valence-corrected chi connectivity index (χ0v) is 18.4. The highest BCUT2D eigenvalue weighted by molar-refractivity contribution is 7.92. The van der Waals surface area contributed by atoms with Gasteiger partial charge < -0.3 is 4.90 Å². The second-order valence-corrected chi connectivity index (χ2v) is 9.80. The van der Waals surface area contributed by atoms with Crippen molar-refractivity contribution in [1.29, 1.82) is 5.26 Å². The predicted molar refractivity (Wildman–Crippen MR) is 118 cm³/mol. The summed E-state index contributed by atoms with van der Waals surface area (Å²) in [6.07, 6.45) is 1.72. The number of hydrogen-bond donors (Lipinski definition) is 1. The van der Waals surface area contributed by atoms with Crippen LogP contribution in [0.4, 0.5) is 5.69 Å². The van der Waals surface area contributed by atoms with Crippen LogP contribution in [-0.2, 0) is 10.0 Å². The molecule has 0 aliphatic carbocycles. The molecule has 1 amide bonds. The van der Waals surface area contributed by atoms with E-state index in [4.69, 9.17) is 5.26 Å². The van der Waals surface area contributed by atoms with Crippen LogP contribution in [0.2, 0.25) is 0 Å². The smallest absolute Gasteiger partial charge is 0.254 e. The Balaban J connectivity index is 1.73. The molecule has 30 heavy (non-hydrogen) atoms. The van der Waals surface area contributed by atoms with Crippen molar-refractivity contribution < 1.29 is 13.2 Å². The highest BCUT2D eigenvalue weighted by Gasteiger charge is 2.26. The summed E-state index contributed by atoms with van der Waals surface area (Å²) in [5.41, 5.74) is 4.47. The fourth-order valence-electron chi connectivity index (χ4n) is 3.85. The fraction of sp³-hybridized carbons (Fsp3) is 0.391. The summed E-state index contributed by atoms with van der Waals surface area (Å²) in [5, 5.41) is 8.95. The molecule has 2 aromatic rings. The zero-order valence-electron chi connectivity index (χ0n) is 17.6. The lowest BCUT2D eigenvalue weighted by atomic mass is 9.88. The molecular formula is C23H27N3O3S. The maximum atomic E-state index is 13.2. The van der Waals surface area contributed by atoms with Crippen LogP contribution in [0.5, 0.6) is 0 Å². The number of hydrogen-bond acceptors (Lipinski definition) is 4. The SMILES string of the molecule is CCS(=O)(=O)Nc1cc(C(=O)N2CCC(c3ccc(C#N)cc3)CC2)c(C)cc1C. The van der Waals surface area contributed by atoms with E-state index >= 15 is 0 Å². The average Bonchev–Trinajstić information content (AvgIpc) is 2.75. The van der Waals surface area contributed by atoms with Crippen LogP contribution in [0.3, 0.4) is 0 Å². The van der Waals surface area contributed by atoms with Gasteiger partial charge >= 0.3 is 0 Å². The van der Waals surface area contributed by atoms with Crippen molar-refractivity contribution in [2.75, 3.05) is 23.6 Å². The second kappa shape index (κ2) is 8.88. The van der Waals surface area contributed by atoms with Crippen molar-refractivity contribution in [2.45, 2.75) is 39.5 Å². The van der Waals surface area contributed by atoms with E-state index in [-0.39, 0.29) is 11.7 Å². The number of nitrogens with one attached hydrogen (secondary N) is 1. The molecule has 0 bridgehead atoms. The number of sulfonamides is 1. The van der Waals surface area contributed by atoms with E-state index in [1.807, 2.05) is 49.1 Å². The van der Waals surface area contributed by atoms with Crippen LogP contribution in [-0.4, -0.2) is 38.1 Å². The molecule has 0 spiro atoms. The third-order valence-corrected chi connectivity index (χ3v) is 7.03. The molecule has 1 aliphatic rings. The monoisotopic (exact) mass is 425 g/mol. The van der Waals surface area contributed by atoms with Crippen molar-refractivity contribution >= 4 is 21.6 Å². The Bertz CT molecular complexity index is 1080. The van der Waals surface area contributed by atoms with Gasteiger partial charge in [0.1, 0.15) is 0 Å². The van der Waals surface area contributed by atoms with Crippen molar-refractivity contribution in [2.24, 2.45) is 0 Å². The Morgan fingerprint density at radius 3 is 2.33 bits per heavy atom. The van der Waals surface area contributed by atoms with Crippen LogP contribution in [0.15, 0.2) is 36.4 Å². The standard InChI is InChI=1S/C23H27N3O3S/c1-4-30(28,29)25-22-14-21(16(2)13-17(22)3)23(27)26-11-9-20(10-12-26)19-7-5-18(15-24)6-8-19/h5-8,13-14,20,25H,4,9-12H2,1-3H3. The van der Waals surface area contributed by atoms with Gasteiger partial charge in [-0.1, -0.05) is 18.2 Å². The topological polar surface area (TPSA) is 90.3 Å². The van der Waals surface area contributed by atoms with Crippen molar-refractivity contribution in [3.63, 3.8) is 0 Å². The molecule has 158 valence electrons. The Labute approximate surface area is 178 Å². The normalized spacial score (nSPS) is 14.9. The van der Waals surface area contributed by atoms with E-state index in [1.165, 1.54) is 5.56 Å². The summed E-state index contributed by atoms with van der Waals surface area (Å²) >= 11 is 0. The van der Waals surface area contributed by atoms with E-state index in [2.05, 4.69) is 10.8 Å². The summed E-state index contributed by atoms with van der Waals surface area (Å²) in [5.74, 6) is 0.280. The minimum Gasteiger partial charge on any atom is -0.339 e. The molecule has 1 heterocycles. The Morgan fingerprint density at radius 1 is 1.13 bits per heavy atom. The molecule has 0 aromatic heterocycles. The fourth-order valence-corrected chi connectivity index (χ4v) is 4.55. The van der Waals surface area contributed by atoms with Crippen molar-refractivity contribution in [1.82, 2.24) is 4.90 Å². The van der Waals surface area contributed by atoms with E-state index in [0.29, 0.717) is 35.8 Å². The largest absolute Gasteiger partial charge is 0.339 e. The molecule has 1 N–H and O–H groups in total. The summed E-state index contributed by atoms with van der Waals surface area (Å²) < 4.78 is 26.5. The zero-order chi connectivity index (χ0) is 21.9. The third-order valence-electron chi connectivity index (χ3n) is 5.74. The van der Waals surface area contributed by atoms with Gasteiger partial charge in [-0.05, 0) is 74.4 Å². The quantitative estimate of drug-likeness (QED) is 0.785. The summed E-state index contributed by atoms with van der Waals surface area (Å²) in [4.78, 5) is 15.0. The lowest BCUT2D eigenvalue weighted by molar-refractivity contribution is 0.0712. The maximum Gasteiger partial charge on any atom is 0.254 e. The van der Waals surface area contributed by atoms with E-state index in [0.717, 1.165) is 24.0 Å². The predicted octanol–water partition coefficient (Wildman–Crippen LogP) is 3.96. The van der Waals surface area contributed by atoms with Gasteiger partial charge in [0.15, 0.2) is 0 Å². The Kier molecular flexibility index (Phi) is 6.47. The Hall–Kier alpha value is -2.85. The minimum absolute atomic E-state index is 0.0214. The van der Waals surface area contributed by atoms with Crippen molar-refractivity contribution in [3.8, 4) is 6.07 Å². The molecule has 0 atom stereocenters. The van der Waals surface area contributed by atoms with Gasteiger partial charge in [-0.2, -0.15) is 5.26 Å². The lowest BCUT2D eigenvalue weighted by Gasteiger charge is -2.33. The summed E-state index contributed by atoms with van der Waals surface area (Å²) in [6, 6.07) is 13.3. The van der Waals surface area contributed by atoms with Crippen LogP contribution in [0, 0.1) is 25.2 Å². The van der Waals surface area contributed by atoms with Gasteiger partial charge in [0.2, 0.25) is 10.0 Å². The number of rotatable bonds is 5. The molecule has 6 nitrogen and oxygen atoms in total. The number of piperidine rings is 1. The number of carbonyl (C=O) groups excluding carboxylic acids is 1. The molecule has 3 rings (SSSR count). The molecular weight excluding hydrogens is 398 g/mol. The molecule has 2 aromatic carbocycles. The van der Waals surface area contributed by atoms with Crippen LogP contribution < -0.4 is 4.72 Å². The number of carbonyl (C=O) groups is 1. The maximum absolute atomic E-state index is 13.2. The van der Waals surface area contributed by atoms with E-state index in [9.17, 15) is 13.2 Å². The molecule has 0 unspecified atom stereocenters. The van der Waals surface area contributed by atoms with Gasteiger partial charge in [0, 0.05) is 18.7 Å². The lowest BCUT2D eigenvalue weighted by Crippen LogP contribution is -2.38. The molecule has 1 aliphatic heterocycles. The van der Waals surface area contributed by atoms with Crippen LogP contribution in [0.1, 0.15) is 58.3 Å². The molecule has 1 saturated heterocycles. The number of aryl methyl sites for hydroxylation is 2. The van der Waals surface area contributed by atoms with Crippen molar-refractivity contribution in [3.05, 3.63) is 64.2 Å². The van der Waals surface area contributed by atoms with Gasteiger partial charge in [0.25, 0.3) is 5.91 Å². The summed E-state index contributed by atoms with van der Waals surface area (Å²) in [7, 11) is -3.41. The first-order chi connectivity index (χ1) is 14.2. The molecule has 1 fully saturated rings. The minimum atomic E-state index is -3.41. The summed E-state index contributed by atoms with van der Waals surface area (Å²) in [6.45, 7) is 6.58.